The monoisotopic (exact) mass is 308 g/mol. The molecule has 2 fully saturated rings. The highest BCUT2D eigenvalue weighted by Crippen LogP contribution is 2.30. The van der Waals surface area contributed by atoms with Crippen molar-refractivity contribution in [1.29, 1.82) is 0 Å². The molecule has 0 saturated carbocycles. The van der Waals surface area contributed by atoms with Crippen LogP contribution in [-0.4, -0.2) is 56.2 Å². The van der Waals surface area contributed by atoms with Gasteiger partial charge in [-0.1, -0.05) is 5.92 Å². The van der Waals surface area contributed by atoms with E-state index in [1.54, 1.807) is 12.0 Å². The van der Waals surface area contributed by atoms with Gasteiger partial charge in [-0.15, -0.1) is 0 Å². The van der Waals surface area contributed by atoms with Crippen LogP contribution in [0.2, 0.25) is 0 Å². The van der Waals surface area contributed by atoms with Gasteiger partial charge in [0.2, 0.25) is 5.91 Å². The number of piperidine rings is 1. The quantitative estimate of drug-likeness (QED) is 0.750. The lowest BCUT2D eigenvalue weighted by Gasteiger charge is -2.32. The number of carbonyl (C=O) groups is 2. The molecule has 6 heteroatoms. The van der Waals surface area contributed by atoms with E-state index < -0.39 is 0 Å². The van der Waals surface area contributed by atoms with E-state index in [0.29, 0.717) is 25.6 Å². The first kappa shape index (κ1) is 16.8. The van der Waals surface area contributed by atoms with Crippen LogP contribution < -0.4 is 5.73 Å². The fourth-order valence-corrected chi connectivity index (χ4v) is 3.17. The van der Waals surface area contributed by atoms with Crippen molar-refractivity contribution in [3.63, 3.8) is 0 Å². The zero-order valence-electron chi connectivity index (χ0n) is 13.0. The van der Waals surface area contributed by atoms with Crippen LogP contribution in [0.15, 0.2) is 0 Å². The zero-order chi connectivity index (χ0) is 15.9. The molecule has 0 spiro atoms. The van der Waals surface area contributed by atoms with Crippen LogP contribution in [-0.2, 0) is 19.1 Å². The largest absolute Gasteiger partial charge is 0.377 e. The number of carbonyl (C=O) groups excluding carboxylic acids is 2. The second-order valence-corrected chi connectivity index (χ2v) is 5.91. The summed E-state index contributed by atoms with van der Waals surface area (Å²) >= 11 is 0. The minimum atomic E-state index is -0.261. The Kier molecular flexibility index (Phi) is 6.22. The summed E-state index contributed by atoms with van der Waals surface area (Å²) in [5.41, 5.74) is 5.42. The lowest BCUT2D eigenvalue weighted by Crippen LogP contribution is -2.39. The molecule has 122 valence electrons. The molecular formula is C16H24N2O4. The van der Waals surface area contributed by atoms with Crippen molar-refractivity contribution in [2.45, 2.75) is 31.8 Å². The van der Waals surface area contributed by atoms with Gasteiger partial charge in [-0.2, -0.15) is 0 Å². The molecule has 0 aromatic rings. The molecule has 22 heavy (non-hydrogen) atoms. The number of primary amides is 1. The highest BCUT2D eigenvalue weighted by atomic mass is 16.5. The third-order valence-corrected chi connectivity index (χ3v) is 4.45. The lowest BCUT2D eigenvalue weighted by atomic mass is 9.86. The van der Waals surface area contributed by atoms with Gasteiger partial charge in [-0.05, 0) is 37.5 Å². The summed E-state index contributed by atoms with van der Waals surface area (Å²) in [7, 11) is 1.55. The molecule has 6 nitrogen and oxygen atoms in total. The minimum absolute atomic E-state index is 0.0498. The third kappa shape index (κ3) is 4.46. The van der Waals surface area contributed by atoms with Gasteiger partial charge in [0.1, 0.15) is 6.61 Å². The van der Waals surface area contributed by atoms with Gasteiger partial charge in [-0.25, -0.2) is 0 Å². The van der Waals surface area contributed by atoms with E-state index in [-0.39, 0.29) is 30.4 Å². The lowest BCUT2D eigenvalue weighted by molar-refractivity contribution is -0.126. The second-order valence-electron chi connectivity index (χ2n) is 5.91. The molecule has 0 aliphatic carbocycles. The number of amides is 2. The van der Waals surface area contributed by atoms with Crippen LogP contribution in [0.3, 0.4) is 0 Å². The molecule has 2 amide bonds. The van der Waals surface area contributed by atoms with Crippen molar-refractivity contribution >= 4 is 11.8 Å². The molecule has 0 aromatic heterocycles. The number of likely N-dealkylation sites (tertiary alicyclic amines) is 1. The van der Waals surface area contributed by atoms with E-state index in [9.17, 15) is 9.59 Å². The van der Waals surface area contributed by atoms with Crippen LogP contribution in [0.25, 0.3) is 0 Å². The summed E-state index contributed by atoms with van der Waals surface area (Å²) in [6.07, 6.45) is 3.37. The first-order valence-corrected chi connectivity index (χ1v) is 7.79. The van der Waals surface area contributed by atoms with Gasteiger partial charge >= 0.3 is 0 Å². The standard InChI is InChI=1S/C16H24N2O4/c1-21-9-2-3-15(19)18-7-4-12(5-8-18)11-14-13(16(17)20)6-10-22-14/h12-14H,4-11H2,1H3,(H2,17,20)/t13-,14-/m1/s1. The summed E-state index contributed by atoms with van der Waals surface area (Å²) in [5, 5.41) is 0. The number of hydrogen-bond acceptors (Lipinski definition) is 4. The van der Waals surface area contributed by atoms with Crippen LogP contribution in [0.4, 0.5) is 0 Å². The summed E-state index contributed by atoms with van der Waals surface area (Å²) in [6, 6.07) is 0. The van der Waals surface area contributed by atoms with E-state index in [1.165, 1.54) is 0 Å². The average Bonchev–Trinajstić information content (AvgIpc) is 2.96. The average molecular weight is 308 g/mol. The van der Waals surface area contributed by atoms with E-state index in [2.05, 4.69) is 11.8 Å². The Hall–Kier alpha value is -1.58. The summed E-state index contributed by atoms with van der Waals surface area (Å²) in [5.74, 6) is 5.20. The number of ether oxygens (including phenoxy) is 2. The van der Waals surface area contributed by atoms with Crippen molar-refractivity contribution in [2.75, 3.05) is 33.4 Å². The van der Waals surface area contributed by atoms with Gasteiger partial charge in [0.15, 0.2) is 0 Å². The highest BCUT2D eigenvalue weighted by Gasteiger charge is 2.35. The zero-order valence-corrected chi connectivity index (χ0v) is 13.0. The van der Waals surface area contributed by atoms with Crippen LogP contribution in [0.1, 0.15) is 25.7 Å². The third-order valence-electron chi connectivity index (χ3n) is 4.45. The fraction of sp³-hybridized carbons (Fsp3) is 0.750. The molecule has 0 aromatic carbocycles. The van der Waals surface area contributed by atoms with Gasteiger partial charge in [0.25, 0.3) is 5.91 Å². The number of nitrogens with zero attached hydrogens (tertiary/aromatic N) is 1. The Morgan fingerprint density at radius 1 is 1.32 bits per heavy atom. The maximum atomic E-state index is 11.9. The van der Waals surface area contributed by atoms with E-state index in [4.69, 9.17) is 15.2 Å². The fourth-order valence-electron chi connectivity index (χ4n) is 3.17. The first-order valence-electron chi connectivity index (χ1n) is 7.79. The topological polar surface area (TPSA) is 81.9 Å². The number of hydrogen-bond donors (Lipinski definition) is 1. The molecule has 0 radical (unpaired) electrons. The van der Waals surface area contributed by atoms with Crippen molar-refractivity contribution in [1.82, 2.24) is 4.90 Å². The van der Waals surface area contributed by atoms with Gasteiger partial charge in [0.05, 0.1) is 12.0 Å². The minimum Gasteiger partial charge on any atom is -0.377 e. The molecule has 2 aliphatic rings. The summed E-state index contributed by atoms with van der Waals surface area (Å²) < 4.78 is 10.5. The molecular weight excluding hydrogens is 284 g/mol. The summed E-state index contributed by atoms with van der Waals surface area (Å²) in [4.78, 5) is 25.0. The number of nitrogens with two attached hydrogens (primary N) is 1. The molecule has 0 bridgehead atoms. The van der Waals surface area contributed by atoms with Crippen molar-refractivity contribution in [2.24, 2.45) is 17.6 Å². The molecule has 2 atom stereocenters. The highest BCUT2D eigenvalue weighted by molar-refractivity contribution is 5.93. The maximum absolute atomic E-state index is 11.9. The predicted molar refractivity (Wildman–Crippen MR) is 80.6 cm³/mol. The van der Waals surface area contributed by atoms with Gasteiger partial charge < -0.3 is 20.1 Å². The smallest absolute Gasteiger partial charge is 0.298 e. The Bertz CT molecular complexity index is 461. The molecule has 2 aliphatic heterocycles. The Balaban J connectivity index is 1.77. The van der Waals surface area contributed by atoms with E-state index >= 15 is 0 Å². The molecule has 2 saturated heterocycles. The van der Waals surface area contributed by atoms with Crippen LogP contribution in [0, 0.1) is 23.7 Å². The normalized spacial score (nSPS) is 25.6. The Morgan fingerprint density at radius 2 is 2.05 bits per heavy atom. The maximum Gasteiger partial charge on any atom is 0.298 e. The van der Waals surface area contributed by atoms with E-state index in [0.717, 1.165) is 25.7 Å². The number of rotatable bonds is 4. The molecule has 2 heterocycles. The summed E-state index contributed by atoms with van der Waals surface area (Å²) in [6.45, 7) is 2.30. The predicted octanol–water partition coefficient (Wildman–Crippen LogP) is 0.155. The molecule has 2 N–H and O–H groups in total. The first-order chi connectivity index (χ1) is 10.6. The van der Waals surface area contributed by atoms with Crippen LogP contribution >= 0.6 is 0 Å². The van der Waals surface area contributed by atoms with Crippen molar-refractivity contribution < 1.29 is 19.1 Å². The van der Waals surface area contributed by atoms with Gasteiger partial charge in [-0.3, -0.25) is 9.59 Å². The van der Waals surface area contributed by atoms with Crippen molar-refractivity contribution in [3.8, 4) is 11.8 Å². The van der Waals surface area contributed by atoms with Crippen LogP contribution in [0.5, 0.6) is 0 Å². The number of methoxy groups -OCH3 is 1. The Morgan fingerprint density at radius 3 is 2.68 bits per heavy atom. The van der Waals surface area contributed by atoms with Crippen molar-refractivity contribution in [3.05, 3.63) is 0 Å². The van der Waals surface area contributed by atoms with E-state index in [1.807, 2.05) is 0 Å². The van der Waals surface area contributed by atoms with Gasteiger partial charge in [0, 0.05) is 26.8 Å². The molecule has 2 rings (SSSR count). The molecule has 0 unspecified atom stereocenters. The second kappa shape index (κ2) is 8.16. The SMILES string of the molecule is COCC#CC(=O)N1CCC(C[C@H]2OCC[C@H]2C(N)=O)CC1. The Labute approximate surface area is 131 Å².